The second kappa shape index (κ2) is 4.32. The summed E-state index contributed by atoms with van der Waals surface area (Å²) in [6.45, 7) is -1.57. The molecule has 0 bridgehead atoms. The predicted molar refractivity (Wildman–Crippen MR) is 54.0 cm³/mol. The van der Waals surface area contributed by atoms with E-state index in [1.165, 1.54) is 0 Å². The Balaban J connectivity index is 2.38. The van der Waals surface area contributed by atoms with Gasteiger partial charge in [0.2, 0.25) is 0 Å². The Morgan fingerprint density at radius 1 is 1.22 bits per heavy atom. The van der Waals surface area contributed by atoms with Crippen LogP contribution in [0.1, 0.15) is 0 Å². The lowest BCUT2D eigenvalue weighted by atomic mass is 10.2. The Labute approximate surface area is 97.6 Å². The highest BCUT2D eigenvalue weighted by molar-refractivity contribution is 5.76. The average molecular weight is 262 g/mol. The van der Waals surface area contributed by atoms with Gasteiger partial charge in [0.25, 0.3) is 5.95 Å². The Morgan fingerprint density at radius 3 is 2.61 bits per heavy atom. The molecule has 0 spiro atoms. The van der Waals surface area contributed by atoms with Gasteiger partial charge in [0.15, 0.2) is 12.0 Å². The Morgan fingerprint density at radius 2 is 1.94 bits per heavy atom. The van der Waals surface area contributed by atoms with Gasteiger partial charge in [0.05, 0.1) is 11.5 Å². The van der Waals surface area contributed by atoms with Crippen LogP contribution in [0.2, 0.25) is 0 Å². The van der Waals surface area contributed by atoms with Gasteiger partial charge < -0.3 is 9.15 Å². The molecule has 1 aromatic heterocycles. The second-order valence-electron chi connectivity index (χ2n) is 3.47. The SMILES string of the molecule is O=c1cc(OCC(F)(F)F)oc2ccc(F)cc12. The van der Waals surface area contributed by atoms with Gasteiger partial charge in [-0.1, -0.05) is 0 Å². The fourth-order valence-electron chi connectivity index (χ4n) is 1.33. The minimum atomic E-state index is -4.53. The second-order valence-corrected chi connectivity index (χ2v) is 3.47. The highest BCUT2D eigenvalue weighted by Gasteiger charge is 2.29. The average Bonchev–Trinajstić information content (AvgIpc) is 2.26. The van der Waals surface area contributed by atoms with Gasteiger partial charge in [-0.05, 0) is 18.2 Å². The summed E-state index contributed by atoms with van der Waals surface area (Å²) in [6.07, 6.45) is -4.53. The van der Waals surface area contributed by atoms with Crippen molar-refractivity contribution >= 4 is 11.0 Å². The third kappa shape index (κ3) is 2.79. The van der Waals surface area contributed by atoms with Crippen molar-refractivity contribution in [2.75, 3.05) is 6.61 Å². The molecule has 0 atom stereocenters. The molecular weight excluding hydrogens is 256 g/mol. The van der Waals surface area contributed by atoms with Crippen LogP contribution >= 0.6 is 0 Å². The number of hydrogen-bond acceptors (Lipinski definition) is 3. The molecule has 1 aromatic carbocycles. The molecule has 3 nitrogen and oxygen atoms in total. The molecule has 2 aromatic rings. The van der Waals surface area contributed by atoms with E-state index in [-0.39, 0.29) is 11.0 Å². The maximum atomic E-state index is 12.9. The number of fused-ring (bicyclic) bond motifs is 1. The van der Waals surface area contributed by atoms with E-state index < -0.39 is 30.0 Å². The quantitative estimate of drug-likeness (QED) is 0.781. The zero-order chi connectivity index (χ0) is 13.3. The number of alkyl halides is 3. The first-order valence-corrected chi connectivity index (χ1v) is 4.78. The van der Waals surface area contributed by atoms with Gasteiger partial charge in [0.1, 0.15) is 11.4 Å². The van der Waals surface area contributed by atoms with Gasteiger partial charge in [-0.2, -0.15) is 13.2 Å². The van der Waals surface area contributed by atoms with Gasteiger partial charge in [-0.25, -0.2) is 4.39 Å². The lowest BCUT2D eigenvalue weighted by molar-refractivity contribution is -0.156. The van der Waals surface area contributed by atoms with Crippen molar-refractivity contribution in [1.82, 2.24) is 0 Å². The molecule has 0 aliphatic carbocycles. The van der Waals surface area contributed by atoms with E-state index in [0.29, 0.717) is 0 Å². The van der Waals surface area contributed by atoms with Crippen LogP contribution in [-0.2, 0) is 0 Å². The predicted octanol–water partition coefficient (Wildman–Crippen LogP) is 2.87. The van der Waals surface area contributed by atoms with Crippen LogP contribution in [0, 0.1) is 5.82 Å². The highest BCUT2D eigenvalue weighted by atomic mass is 19.4. The molecular formula is C11H6F4O3. The summed E-state index contributed by atoms with van der Waals surface area (Å²) in [5.41, 5.74) is -0.714. The number of benzene rings is 1. The lowest BCUT2D eigenvalue weighted by Crippen LogP contribution is -2.19. The first-order valence-electron chi connectivity index (χ1n) is 4.78. The van der Waals surface area contributed by atoms with Crippen molar-refractivity contribution in [1.29, 1.82) is 0 Å². The third-order valence-electron chi connectivity index (χ3n) is 2.04. The molecule has 2 rings (SSSR count). The third-order valence-corrected chi connectivity index (χ3v) is 2.04. The molecule has 0 aliphatic heterocycles. The number of ether oxygens (including phenoxy) is 1. The van der Waals surface area contributed by atoms with E-state index in [1.807, 2.05) is 0 Å². The van der Waals surface area contributed by atoms with E-state index in [1.54, 1.807) is 0 Å². The van der Waals surface area contributed by atoms with Crippen LogP contribution in [0.25, 0.3) is 11.0 Å². The topological polar surface area (TPSA) is 39.4 Å². The van der Waals surface area contributed by atoms with Crippen molar-refractivity contribution in [3.63, 3.8) is 0 Å². The van der Waals surface area contributed by atoms with Crippen molar-refractivity contribution < 1.29 is 26.7 Å². The molecule has 0 saturated heterocycles. The van der Waals surface area contributed by atoms with Gasteiger partial charge in [-0.15, -0.1) is 0 Å². The van der Waals surface area contributed by atoms with Crippen molar-refractivity contribution in [3.8, 4) is 5.95 Å². The minimum absolute atomic E-state index is 0.0407. The maximum Gasteiger partial charge on any atom is 0.422 e. The first-order chi connectivity index (χ1) is 8.35. The van der Waals surface area contributed by atoms with Crippen molar-refractivity contribution in [2.45, 2.75) is 6.18 Å². The molecule has 7 heteroatoms. The molecule has 0 fully saturated rings. The van der Waals surface area contributed by atoms with E-state index >= 15 is 0 Å². The van der Waals surface area contributed by atoms with Crippen LogP contribution in [-0.4, -0.2) is 12.8 Å². The van der Waals surface area contributed by atoms with Crippen LogP contribution in [0.4, 0.5) is 17.6 Å². The fraction of sp³-hybridized carbons (Fsp3) is 0.182. The largest absolute Gasteiger partial charge is 0.455 e. The number of halogens is 4. The molecule has 0 unspecified atom stereocenters. The maximum absolute atomic E-state index is 12.9. The molecule has 0 saturated carbocycles. The summed E-state index contributed by atoms with van der Waals surface area (Å²) in [6, 6.07) is 3.85. The molecule has 0 aliphatic rings. The van der Waals surface area contributed by atoms with Crippen LogP contribution in [0.5, 0.6) is 5.95 Å². The standard InChI is InChI=1S/C11H6F4O3/c12-6-1-2-9-7(3-6)8(16)4-10(18-9)17-5-11(13,14)15/h1-4H,5H2. The number of rotatable bonds is 2. The Hall–Kier alpha value is -2.05. The van der Waals surface area contributed by atoms with Crippen molar-refractivity contribution in [2.24, 2.45) is 0 Å². The minimum Gasteiger partial charge on any atom is -0.455 e. The van der Waals surface area contributed by atoms with E-state index in [9.17, 15) is 22.4 Å². The molecule has 1 heterocycles. The van der Waals surface area contributed by atoms with Gasteiger partial charge >= 0.3 is 6.18 Å². The molecule has 96 valence electrons. The summed E-state index contributed by atoms with van der Waals surface area (Å²) >= 11 is 0. The Bertz CT molecular complexity index is 630. The lowest BCUT2D eigenvalue weighted by Gasteiger charge is -2.08. The smallest absolute Gasteiger partial charge is 0.422 e. The highest BCUT2D eigenvalue weighted by Crippen LogP contribution is 2.21. The summed E-state index contributed by atoms with van der Waals surface area (Å²) in [4.78, 5) is 11.5. The van der Waals surface area contributed by atoms with E-state index in [0.717, 1.165) is 24.3 Å². The monoisotopic (exact) mass is 262 g/mol. The summed E-state index contributed by atoms with van der Waals surface area (Å²) in [7, 11) is 0. The Kier molecular flexibility index (Phi) is 2.98. The van der Waals surface area contributed by atoms with Crippen molar-refractivity contribution in [3.05, 3.63) is 40.3 Å². The van der Waals surface area contributed by atoms with E-state index in [2.05, 4.69) is 4.74 Å². The molecule has 18 heavy (non-hydrogen) atoms. The zero-order valence-electron chi connectivity index (χ0n) is 8.75. The summed E-state index contributed by atoms with van der Waals surface area (Å²) < 4.78 is 57.8. The van der Waals surface area contributed by atoms with Crippen LogP contribution < -0.4 is 10.2 Å². The normalized spacial score (nSPS) is 11.8. The first kappa shape index (κ1) is 12.4. The number of hydrogen-bond donors (Lipinski definition) is 0. The van der Waals surface area contributed by atoms with Crippen LogP contribution in [0.3, 0.4) is 0 Å². The molecule has 0 amide bonds. The van der Waals surface area contributed by atoms with Gasteiger partial charge in [0, 0.05) is 0 Å². The van der Waals surface area contributed by atoms with Crippen LogP contribution in [0.15, 0.2) is 33.5 Å². The zero-order valence-corrected chi connectivity index (χ0v) is 8.75. The summed E-state index contributed by atoms with van der Waals surface area (Å²) in [5, 5.41) is -0.0608. The molecule has 0 radical (unpaired) electrons. The van der Waals surface area contributed by atoms with Gasteiger partial charge in [-0.3, -0.25) is 4.79 Å². The summed E-state index contributed by atoms with van der Waals surface area (Å²) in [5.74, 6) is -1.20. The molecule has 0 N–H and O–H groups in total. The van der Waals surface area contributed by atoms with E-state index in [4.69, 9.17) is 4.42 Å². The fourth-order valence-corrected chi connectivity index (χ4v) is 1.33.